The van der Waals surface area contributed by atoms with Crippen LogP contribution in [0.5, 0.6) is 0 Å². The number of halogens is 1. The van der Waals surface area contributed by atoms with Crippen molar-refractivity contribution in [3.8, 4) is 5.69 Å². The van der Waals surface area contributed by atoms with Gasteiger partial charge in [0.1, 0.15) is 5.15 Å². The van der Waals surface area contributed by atoms with Gasteiger partial charge in [-0.2, -0.15) is 5.10 Å². The van der Waals surface area contributed by atoms with Gasteiger partial charge in [-0.05, 0) is 25.5 Å². The number of nitrogens with one attached hydrogen (secondary N) is 1. The molecule has 0 bridgehead atoms. The van der Waals surface area contributed by atoms with Crippen LogP contribution in [0, 0.1) is 12.8 Å². The Morgan fingerprint density at radius 2 is 2.23 bits per heavy atom. The largest absolute Gasteiger partial charge is 0.381 e. The van der Waals surface area contributed by atoms with E-state index in [0.29, 0.717) is 35.5 Å². The summed E-state index contributed by atoms with van der Waals surface area (Å²) in [7, 11) is 0. The fraction of sp³-hybridized carbons (Fsp3) is 0.375. The van der Waals surface area contributed by atoms with Crippen molar-refractivity contribution in [1.29, 1.82) is 0 Å². The molecule has 1 aliphatic heterocycles. The topological polar surface area (TPSA) is 56.2 Å². The third-order valence-electron chi connectivity index (χ3n) is 3.81. The van der Waals surface area contributed by atoms with Crippen molar-refractivity contribution in [1.82, 2.24) is 15.1 Å². The molecule has 1 amide bonds. The van der Waals surface area contributed by atoms with Crippen LogP contribution in [0.4, 0.5) is 0 Å². The van der Waals surface area contributed by atoms with Crippen LogP contribution in [0.2, 0.25) is 5.15 Å². The number of para-hydroxylation sites is 1. The van der Waals surface area contributed by atoms with E-state index in [1.165, 1.54) is 0 Å². The van der Waals surface area contributed by atoms with Crippen LogP contribution in [0.25, 0.3) is 5.69 Å². The first-order valence-corrected chi connectivity index (χ1v) is 7.71. The first kappa shape index (κ1) is 15.1. The van der Waals surface area contributed by atoms with Gasteiger partial charge in [-0.25, -0.2) is 4.68 Å². The lowest BCUT2D eigenvalue weighted by atomic mass is 10.1. The lowest BCUT2D eigenvalue weighted by Gasteiger charge is -2.09. The number of aryl methyl sites for hydroxylation is 1. The maximum Gasteiger partial charge on any atom is 0.256 e. The predicted molar refractivity (Wildman–Crippen MR) is 84.6 cm³/mol. The molecule has 1 aromatic carbocycles. The minimum Gasteiger partial charge on any atom is -0.381 e. The van der Waals surface area contributed by atoms with Gasteiger partial charge in [0.25, 0.3) is 5.91 Å². The summed E-state index contributed by atoms with van der Waals surface area (Å²) in [5, 5.41) is 7.65. The minimum absolute atomic E-state index is 0.184. The summed E-state index contributed by atoms with van der Waals surface area (Å²) in [4.78, 5) is 12.4. The highest BCUT2D eigenvalue weighted by Crippen LogP contribution is 2.23. The first-order valence-electron chi connectivity index (χ1n) is 7.33. The highest BCUT2D eigenvalue weighted by atomic mass is 35.5. The molecule has 2 heterocycles. The number of nitrogens with zero attached hydrogens (tertiary/aromatic N) is 2. The number of aromatic nitrogens is 2. The summed E-state index contributed by atoms with van der Waals surface area (Å²) in [6, 6.07) is 9.53. The van der Waals surface area contributed by atoms with Crippen LogP contribution in [-0.4, -0.2) is 35.4 Å². The van der Waals surface area contributed by atoms with Gasteiger partial charge < -0.3 is 10.1 Å². The summed E-state index contributed by atoms with van der Waals surface area (Å²) in [6.45, 7) is 3.87. The number of ether oxygens (including phenoxy) is 1. The summed E-state index contributed by atoms with van der Waals surface area (Å²) in [5.74, 6) is 0.198. The Morgan fingerprint density at radius 1 is 1.45 bits per heavy atom. The molecule has 5 nitrogen and oxygen atoms in total. The molecule has 1 fully saturated rings. The van der Waals surface area contributed by atoms with Crippen LogP contribution < -0.4 is 5.32 Å². The summed E-state index contributed by atoms with van der Waals surface area (Å²) in [6.07, 6.45) is 0.982. The molecule has 1 atom stereocenters. The van der Waals surface area contributed by atoms with Crippen LogP contribution in [0.3, 0.4) is 0 Å². The van der Waals surface area contributed by atoms with Crippen molar-refractivity contribution < 1.29 is 9.53 Å². The molecule has 1 aliphatic rings. The van der Waals surface area contributed by atoms with Crippen molar-refractivity contribution >= 4 is 17.5 Å². The Bertz CT molecular complexity index is 664. The molecular weight excluding hydrogens is 302 g/mol. The molecule has 6 heteroatoms. The normalized spacial score (nSPS) is 17.6. The molecule has 0 spiro atoms. The monoisotopic (exact) mass is 319 g/mol. The van der Waals surface area contributed by atoms with Gasteiger partial charge in [0, 0.05) is 19.1 Å². The van der Waals surface area contributed by atoms with E-state index >= 15 is 0 Å². The molecule has 1 N–H and O–H groups in total. The Kier molecular flexibility index (Phi) is 4.45. The Balaban J connectivity index is 1.78. The molecule has 1 aromatic heterocycles. The summed E-state index contributed by atoms with van der Waals surface area (Å²) < 4.78 is 6.90. The average molecular weight is 320 g/mol. The minimum atomic E-state index is -0.184. The van der Waals surface area contributed by atoms with Crippen molar-refractivity contribution in [2.75, 3.05) is 19.8 Å². The molecule has 0 radical (unpaired) electrons. The van der Waals surface area contributed by atoms with E-state index in [9.17, 15) is 4.79 Å². The second-order valence-corrected chi connectivity index (χ2v) is 5.80. The summed E-state index contributed by atoms with van der Waals surface area (Å²) in [5.41, 5.74) is 1.89. The van der Waals surface area contributed by atoms with Crippen molar-refractivity contribution in [3.05, 3.63) is 46.7 Å². The van der Waals surface area contributed by atoms with E-state index in [0.717, 1.165) is 18.7 Å². The maximum atomic E-state index is 12.4. The second-order valence-electron chi connectivity index (χ2n) is 5.44. The van der Waals surface area contributed by atoms with Crippen molar-refractivity contribution in [2.45, 2.75) is 13.3 Å². The van der Waals surface area contributed by atoms with Gasteiger partial charge in [-0.1, -0.05) is 29.8 Å². The van der Waals surface area contributed by atoms with E-state index < -0.39 is 0 Å². The Morgan fingerprint density at radius 3 is 2.91 bits per heavy atom. The van der Waals surface area contributed by atoms with Crippen LogP contribution in [0.1, 0.15) is 22.5 Å². The van der Waals surface area contributed by atoms with Gasteiger partial charge in [0.05, 0.1) is 23.6 Å². The lowest BCUT2D eigenvalue weighted by Crippen LogP contribution is -2.29. The number of carbonyl (C=O) groups excluding carboxylic acids is 1. The predicted octanol–water partition coefficient (Wildman–Crippen LogP) is 2.60. The highest BCUT2D eigenvalue weighted by Gasteiger charge is 2.22. The highest BCUT2D eigenvalue weighted by molar-refractivity contribution is 6.33. The fourth-order valence-electron chi connectivity index (χ4n) is 2.57. The summed E-state index contributed by atoms with van der Waals surface area (Å²) >= 11 is 6.37. The van der Waals surface area contributed by atoms with Gasteiger partial charge >= 0.3 is 0 Å². The van der Waals surface area contributed by atoms with Crippen LogP contribution in [-0.2, 0) is 4.74 Å². The zero-order valence-corrected chi connectivity index (χ0v) is 13.1. The van der Waals surface area contributed by atoms with Gasteiger partial charge in [0.15, 0.2) is 0 Å². The van der Waals surface area contributed by atoms with Gasteiger partial charge in [0.2, 0.25) is 0 Å². The average Bonchev–Trinajstić information content (AvgIpc) is 3.14. The van der Waals surface area contributed by atoms with Crippen molar-refractivity contribution in [3.63, 3.8) is 0 Å². The zero-order chi connectivity index (χ0) is 15.5. The number of rotatable bonds is 4. The molecule has 0 saturated carbocycles. The standard InChI is InChI=1S/C16H18ClN3O2/c1-11-14(16(21)18-9-12-7-8-22-10-12)15(17)20(19-11)13-5-3-2-4-6-13/h2-6,12H,7-10H2,1H3,(H,18,21). The van der Waals surface area contributed by atoms with Crippen LogP contribution in [0.15, 0.2) is 30.3 Å². The smallest absolute Gasteiger partial charge is 0.256 e. The van der Waals surface area contributed by atoms with E-state index in [-0.39, 0.29) is 5.91 Å². The number of hydrogen-bond acceptors (Lipinski definition) is 3. The first-order chi connectivity index (χ1) is 10.7. The van der Waals surface area contributed by atoms with Gasteiger partial charge in [-0.3, -0.25) is 4.79 Å². The van der Waals surface area contributed by atoms with Crippen molar-refractivity contribution in [2.24, 2.45) is 5.92 Å². The SMILES string of the molecule is Cc1nn(-c2ccccc2)c(Cl)c1C(=O)NCC1CCOC1. The molecule has 0 aliphatic carbocycles. The second kappa shape index (κ2) is 6.50. The third kappa shape index (κ3) is 3.00. The molecule has 116 valence electrons. The quantitative estimate of drug-likeness (QED) is 0.942. The van der Waals surface area contributed by atoms with E-state index in [1.807, 2.05) is 30.3 Å². The third-order valence-corrected chi connectivity index (χ3v) is 4.16. The molecule has 1 unspecified atom stereocenters. The fourth-order valence-corrected chi connectivity index (χ4v) is 2.93. The number of carbonyl (C=O) groups is 1. The van der Waals surface area contributed by atoms with E-state index in [4.69, 9.17) is 16.3 Å². The number of hydrogen-bond donors (Lipinski definition) is 1. The molecular formula is C16H18ClN3O2. The molecule has 1 saturated heterocycles. The molecule has 3 rings (SSSR count). The lowest BCUT2D eigenvalue weighted by molar-refractivity contribution is 0.0944. The van der Waals surface area contributed by atoms with Crippen LogP contribution >= 0.6 is 11.6 Å². The Labute approximate surface area is 134 Å². The maximum absolute atomic E-state index is 12.4. The molecule has 2 aromatic rings. The number of amides is 1. The zero-order valence-electron chi connectivity index (χ0n) is 12.4. The van der Waals surface area contributed by atoms with Gasteiger partial charge in [-0.15, -0.1) is 0 Å². The molecule has 22 heavy (non-hydrogen) atoms. The number of benzene rings is 1. The Hall–Kier alpha value is -1.85. The van der Waals surface area contributed by atoms with E-state index in [1.54, 1.807) is 11.6 Å². The van der Waals surface area contributed by atoms with E-state index in [2.05, 4.69) is 10.4 Å².